The molecule has 0 aromatic heterocycles. The van der Waals surface area contributed by atoms with Crippen LogP contribution in [0.3, 0.4) is 0 Å². The number of aliphatic hydroxyl groups is 1. The Bertz CT molecular complexity index is 497. The number of benzene rings is 1. The highest BCUT2D eigenvalue weighted by Crippen LogP contribution is 2.38. The minimum Gasteiger partial charge on any atom is -0.393 e. The highest BCUT2D eigenvalue weighted by Gasteiger charge is 2.43. The van der Waals surface area contributed by atoms with Gasteiger partial charge in [0.05, 0.1) is 6.10 Å². The fourth-order valence-corrected chi connectivity index (χ4v) is 3.44. The average molecular weight is 263 g/mol. The summed E-state index contributed by atoms with van der Waals surface area (Å²) in [7, 11) is 0. The first-order chi connectivity index (χ1) is 9.04. The second-order valence-electron chi connectivity index (χ2n) is 5.80. The summed E-state index contributed by atoms with van der Waals surface area (Å²) in [5.41, 5.74) is 1.16. The standard InChI is InChI=1S/C15H18FNO2/c1-9-4-11(6-12(16)5-9)15(19)17-7-10-2-3-14(18)13(10)8-17/h4-6,10,13-14,18H,2-3,7-8H2,1H3. The summed E-state index contributed by atoms with van der Waals surface area (Å²) >= 11 is 0. The molecule has 1 aliphatic carbocycles. The largest absolute Gasteiger partial charge is 0.393 e. The zero-order chi connectivity index (χ0) is 13.6. The first kappa shape index (κ1) is 12.6. The average Bonchev–Trinajstić information content (AvgIpc) is 2.90. The Morgan fingerprint density at radius 2 is 2.11 bits per heavy atom. The third-order valence-electron chi connectivity index (χ3n) is 4.40. The minimum absolute atomic E-state index is 0.121. The van der Waals surface area contributed by atoms with Crippen molar-refractivity contribution in [2.24, 2.45) is 11.8 Å². The normalized spacial score (nSPS) is 29.6. The van der Waals surface area contributed by atoms with Crippen molar-refractivity contribution in [3.63, 3.8) is 0 Å². The van der Waals surface area contributed by atoms with Crippen LogP contribution in [0.2, 0.25) is 0 Å². The van der Waals surface area contributed by atoms with Crippen molar-refractivity contribution in [1.29, 1.82) is 0 Å². The Morgan fingerprint density at radius 1 is 1.32 bits per heavy atom. The van der Waals surface area contributed by atoms with Crippen molar-refractivity contribution >= 4 is 5.91 Å². The fourth-order valence-electron chi connectivity index (χ4n) is 3.44. The predicted molar refractivity (Wildman–Crippen MR) is 69.3 cm³/mol. The Hall–Kier alpha value is -1.42. The molecule has 1 aromatic carbocycles. The van der Waals surface area contributed by atoms with E-state index in [1.54, 1.807) is 17.9 Å². The molecule has 1 saturated heterocycles. The van der Waals surface area contributed by atoms with Gasteiger partial charge in [0.2, 0.25) is 0 Å². The molecule has 1 aromatic rings. The molecule has 0 spiro atoms. The van der Waals surface area contributed by atoms with Crippen molar-refractivity contribution in [3.05, 3.63) is 35.1 Å². The molecule has 2 fully saturated rings. The highest BCUT2D eigenvalue weighted by molar-refractivity contribution is 5.94. The van der Waals surface area contributed by atoms with Crippen LogP contribution in [0, 0.1) is 24.6 Å². The maximum Gasteiger partial charge on any atom is 0.253 e. The number of likely N-dealkylation sites (tertiary alicyclic amines) is 1. The summed E-state index contributed by atoms with van der Waals surface area (Å²) in [4.78, 5) is 14.1. The van der Waals surface area contributed by atoms with Crippen LogP contribution in [0.5, 0.6) is 0 Å². The van der Waals surface area contributed by atoms with E-state index in [1.807, 2.05) is 0 Å². The van der Waals surface area contributed by atoms with E-state index in [-0.39, 0.29) is 23.7 Å². The first-order valence-corrected chi connectivity index (χ1v) is 6.79. The molecular weight excluding hydrogens is 245 g/mol. The van der Waals surface area contributed by atoms with Gasteiger partial charge in [-0.15, -0.1) is 0 Å². The highest BCUT2D eigenvalue weighted by atomic mass is 19.1. The van der Waals surface area contributed by atoms with Gasteiger partial charge in [-0.05, 0) is 49.4 Å². The summed E-state index contributed by atoms with van der Waals surface area (Å²) < 4.78 is 13.4. The van der Waals surface area contributed by atoms with Crippen LogP contribution in [0.25, 0.3) is 0 Å². The Balaban J connectivity index is 1.78. The monoisotopic (exact) mass is 263 g/mol. The second-order valence-corrected chi connectivity index (χ2v) is 5.80. The molecule has 2 aliphatic rings. The molecule has 0 bridgehead atoms. The van der Waals surface area contributed by atoms with E-state index >= 15 is 0 Å². The Morgan fingerprint density at radius 3 is 2.79 bits per heavy atom. The smallest absolute Gasteiger partial charge is 0.253 e. The summed E-state index contributed by atoms with van der Waals surface area (Å²) in [5, 5.41) is 9.86. The molecule has 3 unspecified atom stereocenters. The van der Waals surface area contributed by atoms with Gasteiger partial charge in [-0.3, -0.25) is 4.79 Å². The molecule has 102 valence electrons. The van der Waals surface area contributed by atoms with Gasteiger partial charge in [0, 0.05) is 24.6 Å². The van der Waals surface area contributed by atoms with Crippen molar-refractivity contribution in [2.75, 3.05) is 13.1 Å². The molecule has 3 nitrogen and oxygen atoms in total. The van der Waals surface area contributed by atoms with Crippen molar-refractivity contribution in [3.8, 4) is 0 Å². The first-order valence-electron chi connectivity index (χ1n) is 6.79. The van der Waals surface area contributed by atoms with Gasteiger partial charge in [0.25, 0.3) is 5.91 Å². The van der Waals surface area contributed by atoms with Crippen LogP contribution < -0.4 is 0 Å². The lowest BCUT2D eigenvalue weighted by molar-refractivity contribution is 0.0751. The third kappa shape index (κ3) is 2.25. The number of carbonyl (C=O) groups excluding carboxylic acids is 1. The topological polar surface area (TPSA) is 40.5 Å². The summed E-state index contributed by atoms with van der Waals surface area (Å²) in [5.74, 6) is 0.124. The third-order valence-corrected chi connectivity index (χ3v) is 4.40. The number of hydrogen-bond acceptors (Lipinski definition) is 2. The number of hydrogen-bond donors (Lipinski definition) is 1. The summed E-state index contributed by atoms with van der Waals surface area (Å²) in [6, 6.07) is 4.43. The SMILES string of the molecule is Cc1cc(F)cc(C(=O)N2CC3CCC(O)C3C2)c1. The van der Waals surface area contributed by atoms with E-state index in [0.29, 0.717) is 24.6 Å². The molecule has 1 N–H and O–H groups in total. The van der Waals surface area contributed by atoms with Crippen LogP contribution in [-0.2, 0) is 0 Å². The second kappa shape index (κ2) is 4.60. The van der Waals surface area contributed by atoms with Gasteiger partial charge in [-0.25, -0.2) is 4.39 Å². The lowest BCUT2D eigenvalue weighted by Crippen LogP contribution is -2.31. The van der Waals surface area contributed by atoms with E-state index in [2.05, 4.69) is 0 Å². The lowest BCUT2D eigenvalue weighted by Gasteiger charge is -2.18. The number of halogens is 1. The molecule has 1 amide bonds. The zero-order valence-electron chi connectivity index (χ0n) is 11.0. The maximum atomic E-state index is 13.4. The van der Waals surface area contributed by atoms with Gasteiger partial charge >= 0.3 is 0 Å². The van der Waals surface area contributed by atoms with E-state index in [4.69, 9.17) is 0 Å². The van der Waals surface area contributed by atoms with Crippen LogP contribution in [0.1, 0.15) is 28.8 Å². The predicted octanol–water partition coefficient (Wildman–Crippen LogP) is 1.98. The molecule has 1 heterocycles. The number of fused-ring (bicyclic) bond motifs is 1. The van der Waals surface area contributed by atoms with E-state index < -0.39 is 0 Å². The molecule has 3 rings (SSSR count). The van der Waals surface area contributed by atoms with Crippen molar-refractivity contribution in [1.82, 2.24) is 4.90 Å². The van der Waals surface area contributed by atoms with Crippen LogP contribution >= 0.6 is 0 Å². The number of carbonyl (C=O) groups is 1. The van der Waals surface area contributed by atoms with Gasteiger partial charge in [0.15, 0.2) is 0 Å². The Labute approximate surface area is 112 Å². The van der Waals surface area contributed by atoms with Crippen LogP contribution in [0.15, 0.2) is 18.2 Å². The summed E-state index contributed by atoms with van der Waals surface area (Å²) in [6.45, 7) is 3.07. The molecular formula is C15H18FNO2. The maximum absolute atomic E-state index is 13.4. The molecule has 1 aliphatic heterocycles. The van der Waals surface area contributed by atoms with E-state index in [1.165, 1.54) is 12.1 Å². The van der Waals surface area contributed by atoms with E-state index in [9.17, 15) is 14.3 Å². The van der Waals surface area contributed by atoms with E-state index in [0.717, 1.165) is 18.4 Å². The van der Waals surface area contributed by atoms with Crippen molar-refractivity contribution < 1.29 is 14.3 Å². The zero-order valence-corrected chi connectivity index (χ0v) is 11.0. The molecule has 0 radical (unpaired) electrons. The number of aliphatic hydroxyl groups excluding tert-OH is 1. The molecule has 19 heavy (non-hydrogen) atoms. The van der Waals surface area contributed by atoms with Crippen LogP contribution in [0.4, 0.5) is 4.39 Å². The Kier molecular flexibility index (Phi) is 3.05. The molecule has 3 atom stereocenters. The quantitative estimate of drug-likeness (QED) is 0.841. The van der Waals surface area contributed by atoms with Gasteiger partial charge in [0.1, 0.15) is 5.82 Å². The molecule has 1 saturated carbocycles. The van der Waals surface area contributed by atoms with Crippen LogP contribution in [-0.4, -0.2) is 35.1 Å². The van der Waals surface area contributed by atoms with Gasteiger partial charge in [-0.2, -0.15) is 0 Å². The minimum atomic E-state index is -0.372. The lowest BCUT2D eigenvalue weighted by atomic mass is 10.00. The van der Waals surface area contributed by atoms with Gasteiger partial charge in [-0.1, -0.05) is 0 Å². The number of amides is 1. The number of rotatable bonds is 1. The van der Waals surface area contributed by atoms with Crippen molar-refractivity contribution in [2.45, 2.75) is 25.9 Å². The fraction of sp³-hybridized carbons (Fsp3) is 0.533. The number of aryl methyl sites for hydroxylation is 1. The summed E-state index contributed by atoms with van der Waals surface area (Å²) in [6.07, 6.45) is 1.55. The van der Waals surface area contributed by atoms with Gasteiger partial charge < -0.3 is 10.0 Å². The molecule has 4 heteroatoms. The number of nitrogens with zero attached hydrogens (tertiary/aromatic N) is 1.